The van der Waals surface area contributed by atoms with E-state index in [1.54, 1.807) is 0 Å². The number of thiophene rings is 1. The van der Waals surface area contributed by atoms with E-state index < -0.39 is 21.3 Å². The van der Waals surface area contributed by atoms with E-state index in [9.17, 15) is 13.8 Å². The molecule has 0 saturated carbocycles. The molecule has 2 unspecified atom stereocenters. The molecule has 27 heavy (non-hydrogen) atoms. The van der Waals surface area contributed by atoms with Gasteiger partial charge in [-0.05, 0) is 67.8 Å². The van der Waals surface area contributed by atoms with Gasteiger partial charge in [0.25, 0.3) is 0 Å². The van der Waals surface area contributed by atoms with Gasteiger partial charge in [0.15, 0.2) is 0 Å². The molecule has 0 saturated heterocycles. The number of rotatable bonds is 8. The number of carbonyl (C=O) groups is 2. The minimum absolute atomic E-state index is 0.0484. The Kier molecular flexibility index (Phi) is 7.30. The molecule has 0 fully saturated rings. The van der Waals surface area contributed by atoms with Crippen molar-refractivity contribution < 1.29 is 13.8 Å². The van der Waals surface area contributed by atoms with Crippen molar-refractivity contribution in [3.05, 3.63) is 56.7 Å². The Morgan fingerprint density at radius 3 is 2.22 bits per heavy atom. The zero-order valence-corrected chi connectivity index (χ0v) is 19.1. The summed E-state index contributed by atoms with van der Waals surface area (Å²) in [5, 5.41) is 3.88. The summed E-state index contributed by atoms with van der Waals surface area (Å²) in [5.74, 6) is -0.359. The normalized spacial score (nSPS) is 15.1. The number of Topliss-reactive ketones (excluding diaryl/α,β-unsaturated/α-hetero) is 2. The van der Waals surface area contributed by atoms with Crippen LogP contribution in [0.1, 0.15) is 51.7 Å². The summed E-state index contributed by atoms with van der Waals surface area (Å²) in [6.07, 6.45) is -0.0843. The predicted molar refractivity (Wildman–Crippen MR) is 115 cm³/mol. The van der Waals surface area contributed by atoms with Crippen molar-refractivity contribution in [2.24, 2.45) is 0 Å². The highest BCUT2D eigenvalue weighted by Crippen LogP contribution is 2.37. The lowest BCUT2D eigenvalue weighted by Gasteiger charge is -2.36. The average Bonchev–Trinajstić information content (AvgIpc) is 3.08. The van der Waals surface area contributed by atoms with Gasteiger partial charge in [-0.1, -0.05) is 28.1 Å². The second-order valence-corrected chi connectivity index (χ2v) is 11.2. The van der Waals surface area contributed by atoms with Crippen LogP contribution in [-0.2, 0) is 26.1 Å². The van der Waals surface area contributed by atoms with Crippen LogP contribution in [0.5, 0.6) is 0 Å². The van der Waals surface area contributed by atoms with Gasteiger partial charge >= 0.3 is 0 Å². The average molecular weight is 470 g/mol. The third kappa shape index (κ3) is 5.67. The standard InChI is InChI=1S/C20H24BrNO3S2/c1-14(23)11-18(24)12-20(16-9-10-26-13-16,22-27(25)19(2,3)4)15-5-7-17(21)8-6-15/h5-10,13,22H,11-12H2,1-4H3. The SMILES string of the molecule is CC(=O)CC(=O)CC(NS(=O)C(C)(C)C)(c1ccc(Br)cc1)c1ccsc1. The monoisotopic (exact) mass is 469 g/mol. The molecular weight excluding hydrogens is 446 g/mol. The third-order valence-corrected chi connectivity index (χ3v) is 6.94. The van der Waals surface area contributed by atoms with E-state index in [1.807, 2.05) is 61.9 Å². The fourth-order valence-electron chi connectivity index (χ4n) is 2.71. The molecule has 0 spiro atoms. The Bertz CT molecular complexity index is 826. The van der Waals surface area contributed by atoms with Crippen LogP contribution in [0.4, 0.5) is 0 Å². The maximum atomic E-state index is 13.0. The van der Waals surface area contributed by atoms with Crippen molar-refractivity contribution in [3.63, 3.8) is 0 Å². The quantitative estimate of drug-likeness (QED) is 0.567. The number of hydrogen-bond acceptors (Lipinski definition) is 4. The highest BCUT2D eigenvalue weighted by Gasteiger charge is 2.40. The molecule has 1 aromatic heterocycles. The summed E-state index contributed by atoms with van der Waals surface area (Å²) in [6.45, 7) is 7.05. The summed E-state index contributed by atoms with van der Waals surface area (Å²) in [7, 11) is -1.42. The molecule has 2 rings (SSSR count). The maximum absolute atomic E-state index is 13.0. The van der Waals surface area contributed by atoms with Gasteiger partial charge in [0.1, 0.15) is 11.6 Å². The van der Waals surface area contributed by atoms with E-state index in [0.29, 0.717) is 0 Å². The van der Waals surface area contributed by atoms with E-state index in [0.717, 1.165) is 15.6 Å². The molecule has 0 aliphatic heterocycles. The lowest BCUT2D eigenvalue weighted by Crippen LogP contribution is -2.50. The molecule has 1 heterocycles. The largest absolute Gasteiger partial charge is 0.300 e. The number of nitrogens with one attached hydrogen (secondary N) is 1. The zero-order valence-electron chi connectivity index (χ0n) is 15.9. The first kappa shape index (κ1) is 22.1. The van der Waals surface area contributed by atoms with Gasteiger partial charge in [-0.15, -0.1) is 0 Å². The lowest BCUT2D eigenvalue weighted by atomic mass is 9.80. The fourth-order valence-corrected chi connectivity index (χ4v) is 4.64. The Labute approximate surface area is 175 Å². The van der Waals surface area contributed by atoms with E-state index >= 15 is 0 Å². The van der Waals surface area contributed by atoms with Crippen LogP contribution < -0.4 is 4.72 Å². The van der Waals surface area contributed by atoms with Gasteiger partial charge in [-0.25, -0.2) is 8.93 Å². The second-order valence-electron chi connectivity index (χ2n) is 7.50. The first-order valence-corrected chi connectivity index (χ1v) is 11.4. The molecule has 1 N–H and O–H groups in total. The van der Waals surface area contributed by atoms with Crippen LogP contribution in [0, 0.1) is 0 Å². The lowest BCUT2D eigenvalue weighted by molar-refractivity contribution is -0.126. The number of carbonyl (C=O) groups excluding carboxylic acids is 2. The number of ketones is 2. The van der Waals surface area contributed by atoms with E-state index in [1.165, 1.54) is 18.3 Å². The first-order chi connectivity index (χ1) is 12.5. The molecule has 0 bridgehead atoms. The Hall–Kier alpha value is -1.15. The molecule has 0 radical (unpaired) electrons. The van der Waals surface area contributed by atoms with Crippen molar-refractivity contribution in [2.75, 3.05) is 0 Å². The predicted octanol–water partition coefficient (Wildman–Crippen LogP) is 4.74. The summed E-state index contributed by atoms with van der Waals surface area (Å²) in [4.78, 5) is 24.2. The minimum Gasteiger partial charge on any atom is -0.300 e. The minimum atomic E-state index is -1.42. The van der Waals surface area contributed by atoms with E-state index in [2.05, 4.69) is 20.7 Å². The molecule has 0 aliphatic carbocycles. The zero-order chi connectivity index (χ0) is 20.2. The Balaban J connectivity index is 2.61. The van der Waals surface area contributed by atoms with Crippen LogP contribution in [0.25, 0.3) is 0 Å². The van der Waals surface area contributed by atoms with Gasteiger partial charge in [-0.3, -0.25) is 9.59 Å². The van der Waals surface area contributed by atoms with Crippen molar-refractivity contribution in [3.8, 4) is 0 Å². The summed E-state index contributed by atoms with van der Waals surface area (Å²) >= 11 is 4.95. The Morgan fingerprint density at radius 2 is 1.74 bits per heavy atom. The maximum Gasteiger partial charge on any atom is 0.142 e. The van der Waals surface area contributed by atoms with Crippen molar-refractivity contribution in [1.29, 1.82) is 0 Å². The van der Waals surface area contributed by atoms with Gasteiger partial charge in [0.2, 0.25) is 0 Å². The summed E-state index contributed by atoms with van der Waals surface area (Å²) in [5.41, 5.74) is 0.730. The van der Waals surface area contributed by atoms with Crippen molar-refractivity contribution in [2.45, 2.75) is 50.8 Å². The molecule has 1 aromatic carbocycles. The highest BCUT2D eigenvalue weighted by atomic mass is 79.9. The Morgan fingerprint density at radius 1 is 1.11 bits per heavy atom. The molecular formula is C20H24BrNO3S2. The van der Waals surface area contributed by atoms with E-state index in [-0.39, 0.29) is 24.4 Å². The van der Waals surface area contributed by atoms with Gasteiger partial charge in [-0.2, -0.15) is 11.3 Å². The second kappa shape index (κ2) is 8.90. The first-order valence-electron chi connectivity index (χ1n) is 8.54. The fraction of sp³-hybridized carbons (Fsp3) is 0.400. The van der Waals surface area contributed by atoms with Gasteiger partial charge < -0.3 is 0 Å². The molecule has 0 aliphatic rings. The molecule has 4 nitrogen and oxygen atoms in total. The van der Waals surface area contributed by atoms with E-state index in [4.69, 9.17) is 0 Å². The summed E-state index contributed by atoms with van der Waals surface area (Å²) < 4.78 is 16.7. The third-order valence-electron chi connectivity index (χ3n) is 4.08. The number of benzene rings is 1. The topological polar surface area (TPSA) is 63.2 Å². The molecule has 2 atom stereocenters. The van der Waals surface area contributed by atoms with Crippen LogP contribution in [0.3, 0.4) is 0 Å². The molecule has 7 heteroatoms. The van der Waals surface area contributed by atoms with Crippen LogP contribution in [0.2, 0.25) is 0 Å². The van der Waals surface area contributed by atoms with Crippen LogP contribution in [-0.4, -0.2) is 20.5 Å². The molecule has 0 amide bonds. The van der Waals surface area contributed by atoms with Crippen molar-refractivity contribution in [1.82, 2.24) is 4.72 Å². The number of halogens is 1. The van der Waals surface area contributed by atoms with Gasteiger partial charge in [0.05, 0.1) is 27.7 Å². The van der Waals surface area contributed by atoms with Gasteiger partial charge in [0, 0.05) is 10.9 Å². The smallest absolute Gasteiger partial charge is 0.142 e. The van der Waals surface area contributed by atoms with Crippen molar-refractivity contribution >= 4 is 49.8 Å². The molecule has 146 valence electrons. The highest BCUT2D eigenvalue weighted by molar-refractivity contribution is 9.10. The summed E-state index contributed by atoms with van der Waals surface area (Å²) in [6, 6.07) is 9.55. The molecule has 2 aromatic rings. The van der Waals surface area contributed by atoms with Crippen LogP contribution in [0.15, 0.2) is 45.6 Å². The number of hydrogen-bond donors (Lipinski definition) is 1. The van der Waals surface area contributed by atoms with Crippen LogP contribution >= 0.6 is 27.3 Å².